The van der Waals surface area contributed by atoms with E-state index >= 15 is 0 Å². The summed E-state index contributed by atoms with van der Waals surface area (Å²) in [5.74, 6) is 0.186. The van der Waals surface area contributed by atoms with Crippen LogP contribution in [0.4, 0.5) is 4.39 Å². The van der Waals surface area contributed by atoms with Crippen LogP contribution in [0, 0.1) is 11.7 Å². The highest BCUT2D eigenvalue weighted by Crippen LogP contribution is 2.22. The van der Waals surface area contributed by atoms with E-state index in [1.165, 1.54) is 29.8 Å². The van der Waals surface area contributed by atoms with E-state index < -0.39 is 5.91 Å². The second-order valence-electron chi connectivity index (χ2n) is 6.83. The standard InChI is InChI=1S/C21H23FN2O3/c22-18-5-7-19(8-6-18)27-14-20(25)24-11-9-16(10-12-24)13-15-1-3-17(4-2-15)21(23)26/h1-8,16H,9-14H2,(H2,23,26). The van der Waals surface area contributed by atoms with E-state index in [2.05, 4.69) is 0 Å². The monoisotopic (exact) mass is 370 g/mol. The molecule has 0 aromatic heterocycles. The summed E-state index contributed by atoms with van der Waals surface area (Å²) in [6.07, 6.45) is 2.78. The average molecular weight is 370 g/mol. The molecule has 2 amide bonds. The molecule has 2 N–H and O–H groups in total. The summed E-state index contributed by atoms with van der Waals surface area (Å²) in [6.45, 7) is 1.37. The number of hydrogen-bond donors (Lipinski definition) is 1. The van der Waals surface area contributed by atoms with Crippen molar-refractivity contribution in [3.05, 3.63) is 65.5 Å². The van der Waals surface area contributed by atoms with E-state index in [0.29, 0.717) is 30.3 Å². The Bertz CT molecular complexity index is 782. The van der Waals surface area contributed by atoms with Crippen LogP contribution in [-0.2, 0) is 11.2 Å². The van der Waals surface area contributed by atoms with Crippen molar-refractivity contribution in [2.24, 2.45) is 11.7 Å². The van der Waals surface area contributed by atoms with Gasteiger partial charge in [0.25, 0.3) is 5.91 Å². The fourth-order valence-electron chi connectivity index (χ4n) is 3.29. The first kappa shape index (κ1) is 18.9. The summed E-state index contributed by atoms with van der Waals surface area (Å²) in [4.78, 5) is 25.2. The van der Waals surface area contributed by atoms with E-state index in [1.54, 1.807) is 12.1 Å². The quantitative estimate of drug-likeness (QED) is 0.850. The number of rotatable bonds is 6. The third-order valence-corrected chi connectivity index (χ3v) is 4.91. The number of ether oxygens (including phenoxy) is 1. The van der Waals surface area contributed by atoms with Crippen molar-refractivity contribution in [3.63, 3.8) is 0 Å². The minimum atomic E-state index is -0.420. The van der Waals surface area contributed by atoms with Gasteiger partial charge in [0.2, 0.25) is 5.91 Å². The van der Waals surface area contributed by atoms with Crippen molar-refractivity contribution < 1.29 is 18.7 Å². The highest BCUT2D eigenvalue weighted by Gasteiger charge is 2.23. The summed E-state index contributed by atoms with van der Waals surface area (Å²) in [6, 6.07) is 13.0. The van der Waals surface area contributed by atoms with Gasteiger partial charge >= 0.3 is 0 Å². The Morgan fingerprint density at radius 2 is 1.67 bits per heavy atom. The van der Waals surface area contributed by atoms with Gasteiger partial charge in [-0.2, -0.15) is 0 Å². The first-order valence-corrected chi connectivity index (χ1v) is 9.06. The highest BCUT2D eigenvalue weighted by atomic mass is 19.1. The lowest BCUT2D eigenvalue weighted by Crippen LogP contribution is -2.41. The fraction of sp³-hybridized carbons (Fsp3) is 0.333. The minimum absolute atomic E-state index is 0.0368. The molecule has 1 saturated heterocycles. The molecule has 1 fully saturated rings. The van der Waals surface area contributed by atoms with E-state index in [9.17, 15) is 14.0 Å². The van der Waals surface area contributed by atoms with Crippen LogP contribution >= 0.6 is 0 Å². The van der Waals surface area contributed by atoms with Gasteiger partial charge in [0.1, 0.15) is 11.6 Å². The van der Waals surface area contributed by atoms with Crippen molar-refractivity contribution in [1.82, 2.24) is 4.90 Å². The zero-order valence-corrected chi connectivity index (χ0v) is 15.1. The first-order chi connectivity index (χ1) is 13.0. The van der Waals surface area contributed by atoms with E-state index in [0.717, 1.165) is 19.3 Å². The van der Waals surface area contributed by atoms with Crippen LogP contribution in [0.1, 0.15) is 28.8 Å². The lowest BCUT2D eigenvalue weighted by atomic mass is 9.90. The largest absolute Gasteiger partial charge is 0.484 e. The molecule has 0 spiro atoms. The van der Waals surface area contributed by atoms with Gasteiger partial charge in [0, 0.05) is 18.7 Å². The molecule has 3 rings (SSSR count). The average Bonchev–Trinajstić information content (AvgIpc) is 2.68. The molecule has 1 aliphatic heterocycles. The number of amides is 2. The second-order valence-corrected chi connectivity index (χ2v) is 6.83. The maximum atomic E-state index is 12.9. The van der Waals surface area contributed by atoms with Gasteiger partial charge in [-0.3, -0.25) is 9.59 Å². The molecule has 0 aliphatic carbocycles. The SMILES string of the molecule is NC(=O)c1ccc(CC2CCN(C(=O)COc3ccc(F)cc3)CC2)cc1. The first-order valence-electron chi connectivity index (χ1n) is 9.06. The van der Waals surface area contributed by atoms with Gasteiger partial charge in [-0.15, -0.1) is 0 Å². The number of nitrogens with two attached hydrogens (primary N) is 1. The van der Waals surface area contributed by atoms with Gasteiger partial charge < -0.3 is 15.4 Å². The number of carbonyl (C=O) groups is 2. The molecule has 142 valence electrons. The van der Waals surface area contributed by atoms with Crippen LogP contribution in [0.25, 0.3) is 0 Å². The lowest BCUT2D eigenvalue weighted by molar-refractivity contribution is -0.134. The maximum Gasteiger partial charge on any atom is 0.260 e. The summed E-state index contributed by atoms with van der Waals surface area (Å²) in [5.41, 5.74) is 6.94. The summed E-state index contributed by atoms with van der Waals surface area (Å²) < 4.78 is 18.3. The molecule has 5 nitrogen and oxygen atoms in total. The molecule has 2 aromatic rings. The van der Waals surface area contributed by atoms with Crippen LogP contribution in [0.15, 0.2) is 48.5 Å². The Hall–Kier alpha value is -2.89. The van der Waals surface area contributed by atoms with E-state index in [4.69, 9.17) is 10.5 Å². The van der Waals surface area contributed by atoms with Crippen LogP contribution in [0.5, 0.6) is 5.75 Å². The zero-order valence-electron chi connectivity index (χ0n) is 15.1. The van der Waals surface area contributed by atoms with Crippen LogP contribution in [-0.4, -0.2) is 36.4 Å². The predicted molar refractivity (Wildman–Crippen MR) is 99.9 cm³/mol. The summed E-state index contributed by atoms with van der Waals surface area (Å²) in [5, 5.41) is 0. The van der Waals surface area contributed by atoms with Crippen molar-refractivity contribution >= 4 is 11.8 Å². The van der Waals surface area contributed by atoms with Crippen LogP contribution in [0.3, 0.4) is 0 Å². The molecule has 27 heavy (non-hydrogen) atoms. The molecular weight excluding hydrogens is 347 g/mol. The van der Waals surface area contributed by atoms with Gasteiger partial charge in [-0.25, -0.2) is 4.39 Å². The van der Waals surface area contributed by atoms with Gasteiger partial charge in [0.05, 0.1) is 0 Å². The van der Waals surface area contributed by atoms with Crippen molar-refractivity contribution in [3.8, 4) is 5.75 Å². The molecule has 0 unspecified atom stereocenters. The molecular formula is C21H23FN2O3. The highest BCUT2D eigenvalue weighted by molar-refractivity contribution is 5.92. The number of primary amides is 1. The third kappa shape index (κ3) is 5.29. The summed E-state index contributed by atoms with van der Waals surface area (Å²) >= 11 is 0. The second kappa shape index (κ2) is 8.66. The Morgan fingerprint density at radius 3 is 2.26 bits per heavy atom. The topological polar surface area (TPSA) is 72.6 Å². The number of nitrogens with zero attached hydrogens (tertiary/aromatic N) is 1. The molecule has 1 aliphatic rings. The molecule has 2 aromatic carbocycles. The Balaban J connectivity index is 1.43. The molecule has 0 atom stereocenters. The number of benzene rings is 2. The van der Waals surface area contributed by atoms with E-state index in [-0.39, 0.29) is 18.3 Å². The van der Waals surface area contributed by atoms with Crippen LogP contribution < -0.4 is 10.5 Å². The molecule has 0 bridgehead atoms. The smallest absolute Gasteiger partial charge is 0.260 e. The normalized spacial score (nSPS) is 14.8. The number of piperidine rings is 1. The number of halogens is 1. The number of hydrogen-bond acceptors (Lipinski definition) is 3. The molecule has 0 saturated carbocycles. The number of likely N-dealkylation sites (tertiary alicyclic amines) is 1. The Kier molecular flexibility index (Phi) is 6.06. The molecule has 6 heteroatoms. The predicted octanol–water partition coefficient (Wildman–Crippen LogP) is 2.78. The van der Waals surface area contributed by atoms with Crippen LogP contribution in [0.2, 0.25) is 0 Å². The van der Waals surface area contributed by atoms with Crippen molar-refractivity contribution in [1.29, 1.82) is 0 Å². The van der Waals surface area contributed by atoms with Gasteiger partial charge in [-0.1, -0.05) is 12.1 Å². The molecule has 1 heterocycles. The van der Waals surface area contributed by atoms with Crippen molar-refractivity contribution in [2.75, 3.05) is 19.7 Å². The summed E-state index contributed by atoms with van der Waals surface area (Å²) in [7, 11) is 0. The Morgan fingerprint density at radius 1 is 1.04 bits per heavy atom. The van der Waals surface area contributed by atoms with Crippen molar-refractivity contribution in [2.45, 2.75) is 19.3 Å². The third-order valence-electron chi connectivity index (χ3n) is 4.91. The number of carbonyl (C=O) groups excluding carboxylic acids is 2. The zero-order chi connectivity index (χ0) is 19.2. The van der Waals surface area contributed by atoms with E-state index in [1.807, 2.05) is 17.0 Å². The lowest BCUT2D eigenvalue weighted by Gasteiger charge is -2.32. The maximum absolute atomic E-state index is 12.9. The van der Waals surface area contributed by atoms with Gasteiger partial charge in [-0.05, 0) is 67.1 Å². The minimum Gasteiger partial charge on any atom is -0.484 e. The Labute approximate surface area is 157 Å². The molecule has 0 radical (unpaired) electrons. The van der Waals surface area contributed by atoms with Gasteiger partial charge in [0.15, 0.2) is 6.61 Å². The fourth-order valence-corrected chi connectivity index (χ4v) is 3.29.